The number of rotatable bonds is 29. The summed E-state index contributed by atoms with van der Waals surface area (Å²) >= 11 is 0. The fraction of sp³-hybridized carbons (Fsp3) is 0.160. The molecule has 2 heterocycles. The summed E-state index contributed by atoms with van der Waals surface area (Å²) in [5.41, 5.74) is 1.80. The smallest absolute Gasteiger partial charge is 0.335 e. The van der Waals surface area contributed by atoms with Gasteiger partial charge in [0.1, 0.15) is 65.7 Å². The summed E-state index contributed by atoms with van der Waals surface area (Å²) in [5, 5.41) is 1.84. The third-order valence-electron chi connectivity index (χ3n) is 17.1. The minimum atomic E-state index is -0.842. The fourth-order valence-corrected chi connectivity index (χ4v) is 12.4. The third kappa shape index (κ3) is 14.2. The van der Waals surface area contributed by atoms with E-state index in [-0.39, 0.29) is 152 Å². The molecule has 20 nitrogen and oxygen atoms in total. The van der Waals surface area contributed by atoms with E-state index >= 15 is 24.0 Å². The Balaban J connectivity index is 1.02. The predicted molar refractivity (Wildman–Crippen MR) is 376 cm³/mol. The highest BCUT2D eigenvalue weighted by Gasteiger charge is 2.43. The molecule has 0 spiro atoms. The second-order valence-corrected chi connectivity index (χ2v) is 24.1. The number of carbonyl (C=O) groups is 8. The molecule has 0 bridgehead atoms. The molecule has 2 aliphatic heterocycles. The van der Waals surface area contributed by atoms with Crippen LogP contribution in [0.2, 0.25) is 0 Å². The summed E-state index contributed by atoms with van der Waals surface area (Å²) < 4.78 is 50.0. The van der Waals surface area contributed by atoms with Gasteiger partial charge in [0, 0.05) is 80.4 Å². The topological polar surface area (TPSA) is 223 Å². The molecule has 0 unspecified atom stereocenters. The van der Waals surface area contributed by atoms with Crippen molar-refractivity contribution >= 4 is 90.5 Å². The lowest BCUT2D eigenvalue weighted by atomic mass is 9.80. The van der Waals surface area contributed by atoms with E-state index in [1.807, 2.05) is 84.9 Å². The molecule has 20 heteroatoms. The van der Waals surface area contributed by atoms with Crippen LogP contribution in [0.5, 0.6) is 46.0 Å². The highest BCUT2D eigenvalue weighted by molar-refractivity contribution is 6.45. The Morgan fingerprint density at radius 2 is 0.653 bits per heavy atom. The molecule has 0 atom stereocenters. The number of nitrogens with zero attached hydrogens (tertiary/aromatic N) is 4. The van der Waals surface area contributed by atoms with Crippen molar-refractivity contribution < 1.29 is 76.3 Å². The summed E-state index contributed by atoms with van der Waals surface area (Å²) in [4.78, 5) is 122. The number of benzene rings is 11. The van der Waals surface area contributed by atoms with Crippen molar-refractivity contribution in [2.24, 2.45) is 0 Å². The van der Waals surface area contributed by atoms with Crippen molar-refractivity contribution in [2.45, 2.75) is 26.9 Å². The average molecular weight is 1350 g/mol. The van der Waals surface area contributed by atoms with Crippen LogP contribution < -0.4 is 18.9 Å². The lowest BCUT2D eigenvalue weighted by Crippen LogP contribution is -2.48. The molecule has 6 amide bonds. The van der Waals surface area contributed by atoms with Crippen molar-refractivity contribution in [3.63, 3.8) is 0 Å². The van der Waals surface area contributed by atoms with Gasteiger partial charge >= 0.3 is 11.9 Å². The first-order valence-corrected chi connectivity index (χ1v) is 32.5. The number of carbonyl (C=O) groups excluding carboxylic acids is 8. The van der Waals surface area contributed by atoms with Gasteiger partial charge in [-0.2, -0.15) is 0 Å². The van der Waals surface area contributed by atoms with Crippen molar-refractivity contribution in [3.05, 3.63) is 264 Å². The Bertz CT molecular complexity index is 4850. The number of hydrogen-bond acceptors (Lipinski definition) is 16. The maximum absolute atomic E-state index is 15.9. The summed E-state index contributed by atoms with van der Waals surface area (Å²) in [6.45, 7) is 8.38. The molecule has 506 valence electrons. The Morgan fingerprint density at radius 1 is 0.356 bits per heavy atom. The second-order valence-electron chi connectivity index (χ2n) is 24.1. The summed E-state index contributed by atoms with van der Waals surface area (Å²) in [6.07, 6.45) is 0. The Morgan fingerprint density at radius 3 is 0.970 bits per heavy atom. The maximum Gasteiger partial charge on any atom is 0.335 e. The number of ether oxygens (including phenoxy) is 8. The monoisotopic (exact) mass is 1350 g/mol. The second kappa shape index (κ2) is 29.7. The zero-order valence-electron chi connectivity index (χ0n) is 55.1. The van der Waals surface area contributed by atoms with Crippen LogP contribution in [-0.4, -0.2) is 126 Å². The lowest BCUT2D eigenvalue weighted by molar-refractivity contribution is -0.152. The van der Waals surface area contributed by atoms with Crippen LogP contribution in [0.1, 0.15) is 66.4 Å². The van der Waals surface area contributed by atoms with Crippen LogP contribution in [-0.2, 0) is 51.2 Å². The molecule has 0 N–H and O–H groups in total. The predicted octanol–water partition coefficient (Wildman–Crippen LogP) is 14.4. The average Bonchev–Trinajstić information content (AvgIpc) is 0.673. The Kier molecular flexibility index (Phi) is 19.7. The van der Waals surface area contributed by atoms with E-state index in [0.717, 1.165) is 20.9 Å². The quantitative estimate of drug-likeness (QED) is 0.00808. The van der Waals surface area contributed by atoms with Crippen LogP contribution in [0, 0.1) is 0 Å². The largest absolute Gasteiger partial charge is 0.460 e. The molecule has 2 aliphatic rings. The number of esters is 2. The molecule has 11 aromatic carbocycles. The summed E-state index contributed by atoms with van der Waals surface area (Å²) in [7, 11) is 0. The van der Waals surface area contributed by atoms with E-state index < -0.39 is 67.3 Å². The number of imide groups is 2. The standard InChI is InChI=1S/C81H66N4O16/c1-50(2)80(92)96-40-39-94-37-35-82(45-52-23-11-5-12-24-52)66(86)47-84-76(88)58-41-62(98-54-27-15-7-16-28-54)70-72-64(100-56-31-19-9-20-32-56)43-60-69-61(79(91)85(78(60)90)48-67(87)83(46-53-25-13-6-14-26-53)36-38-95-49-97-81(93)51(3)4)44-65(101-57-33-21-10-22-34-57)73(75(69)72)71-63(99-55-29-17-8-18-30-55)42-59(77(84)89)68(58)74(70)71/h5-34,41-44H,1,3,35-40,45-49H2,2,4H3. The zero-order chi connectivity index (χ0) is 70.3. The number of hydrogen-bond donors (Lipinski definition) is 0. The van der Waals surface area contributed by atoms with Gasteiger partial charge in [-0.25, -0.2) is 9.59 Å². The minimum Gasteiger partial charge on any atom is -0.460 e. The van der Waals surface area contributed by atoms with Crippen molar-refractivity contribution in [1.29, 1.82) is 0 Å². The SMILES string of the molecule is C=C(C)C(=O)OCCOCCN(Cc1ccccc1)C(=O)CN1C(=O)c2cc(Oc3ccccc3)c3c4c(Oc5ccccc5)cc5c6c(cc(Oc7ccccc7)c(c7c(Oc8ccccc8)cc(c2c37)C1=O)c64)C(=O)N(CC(=O)N(CCOCOC(=O)C(=C)C)Cc1ccccc1)C5=O. The molecule has 0 saturated heterocycles. The van der Waals surface area contributed by atoms with Crippen LogP contribution in [0.15, 0.2) is 231 Å². The molecule has 13 rings (SSSR count). The van der Waals surface area contributed by atoms with Gasteiger partial charge in [-0.15, -0.1) is 0 Å². The van der Waals surface area contributed by atoms with E-state index in [0.29, 0.717) is 23.0 Å². The van der Waals surface area contributed by atoms with Gasteiger partial charge in [-0.3, -0.25) is 38.6 Å². The van der Waals surface area contributed by atoms with E-state index in [4.69, 9.17) is 37.9 Å². The van der Waals surface area contributed by atoms with Gasteiger partial charge in [0.15, 0.2) is 6.79 Å². The first kappa shape index (κ1) is 67.1. The molecule has 0 aliphatic carbocycles. The maximum atomic E-state index is 15.9. The molecule has 0 radical (unpaired) electrons. The molecular formula is C81H66N4O16. The third-order valence-corrected chi connectivity index (χ3v) is 17.1. The van der Waals surface area contributed by atoms with Gasteiger partial charge in [0.05, 0.1) is 42.1 Å². The molecular weight excluding hydrogens is 1280 g/mol. The molecule has 0 aromatic heterocycles. The Labute approximate surface area is 579 Å². The molecule has 0 saturated carbocycles. The Hall–Kier alpha value is -12.5. The van der Waals surface area contributed by atoms with Gasteiger partial charge in [0.2, 0.25) is 11.8 Å². The van der Waals surface area contributed by atoms with Crippen LogP contribution in [0.3, 0.4) is 0 Å². The molecule has 11 aromatic rings. The van der Waals surface area contributed by atoms with Crippen LogP contribution >= 0.6 is 0 Å². The zero-order valence-corrected chi connectivity index (χ0v) is 55.1. The lowest BCUT2D eigenvalue weighted by Gasteiger charge is -2.33. The van der Waals surface area contributed by atoms with Crippen LogP contribution in [0.4, 0.5) is 0 Å². The fourth-order valence-electron chi connectivity index (χ4n) is 12.4. The van der Waals surface area contributed by atoms with E-state index in [2.05, 4.69) is 13.2 Å². The van der Waals surface area contributed by atoms with Gasteiger partial charge in [0.25, 0.3) is 23.6 Å². The van der Waals surface area contributed by atoms with Gasteiger partial charge in [-0.1, -0.05) is 147 Å². The van der Waals surface area contributed by atoms with E-state index in [9.17, 15) is 14.4 Å². The minimum absolute atomic E-state index is 0.00675. The van der Waals surface area contributed by atoms with Gasteiger partial charge < -0.3 is 47.7 Å². The summed E-state index contributed by atoms with van der Waals surface area (Å²) in [6, 6.07) is 59.6. The van der Waals surface area contributed by atoms with Crippen molar-refractivity contribution in [2.75, 3.05) is 59.4 Å². The number of para-hydroxylation sites is 4. The van der Waals surface area contributed by atoms with Crippen molar-refractivity contribution in [1.82, 2.24) is 19.6 Å². The van der Waals surface area contributed by atoms with Crippen LogP contribution in [0.25, 0.3) is 43.1 Å². The van der Waals surface area contributed by atoms with Crippen molar-refractivity contribution in [3.8, 4) is 46.0 Å². The highest BCUT2D eigenvalue weighted by Crippen LogP contribution is 2.58. The first-order chi connectivity index (χ1) is 49.1. The van der Waals surface area contributed by atoms with E-state index in [1.54, 1.807) is 97.1 Å². The molecule has 101 heavy (non-hydrogen) atoms. The van der Waals surface area contributed by atoms with E-state index in [1.165, 1.54) is 47.9 Å². The first-order valence-electron chi connectivity index (χ1n) is 32.5. The summed E-state index contributed by atoms with van der Waals surface area (Å²) in [5.74, 6) is -4.27. The number of fused-ring (bicyclic) bond motifs is 2. The normalized spacial score (nSPS) is 12.5. The van der Waals surface area contributed by atoms with Gasteiger partial charge in [-0.05, 0) is 97.8 Å². The molecule has 0 fully saturated rings. The highest BCUT2D eigenvalue weighted by atomic mass is 16.7. The number of amides is 6.